The van der Waals surface area contributed by atoms with Crippen LogP contribution in [0.1, 0.15) is 12.8 Å². The molecule has 1 fully saturated rings. The zero-order chi connectivity index (χ0) is 22.5. The molecule has 10 heteroatoms. The van der Waals surface area contributed by atoms with Crippen LogP contribution in [0.4, 0.5) is 11.6 Å². The third kappa shape index (κ3) is 4.50. The fourth-order valence-electron chi connectivity index (χ4n) is 3.85. The Balaban J connectivity index is 1.61. The number of aromatic nitrogens is 4. The van der Waals surface area contributed by atoms with E-state index in [0.29, 0.717) is 37.1 Å². The first-order valence-corrected chi connectivity index (χ1v) is 10.5. The van der Waals surface area contributed by atoms with Crippen LogP contribution >= 0.6 is 0 Å². The second-order valence-electron chi connectivity index (χ2n) is 7.55. The van der Waals surface area contributed by atoms with Crippen LogP contribution in [0.5, 0.6) is 5.75 Å². The van der Waals surface area contributed by atoms with Gasteiger partial charge in [-0.2, -0.15) is 5.10 Å². The highest BCUT2D eigenvalue weighted by atomic mass is 16.5. The van der Waals surface area contributed by atoms with Crippen LogP contribution in [0.25, 0.3) is 16.6 Å². The molecular formula is C22H27N7O3. The Kier molecular flexibility index (Phi) is 6.50. The second kappa shape index (κ2) is 9.65. The van der Waals surface area contributed by atoms with Crippen LogP contribution in [0.3, 0.4) is 0 Å². The molecule has 0 saturated carbocycles. The Morgan fingerprint density at radius 1 is 1.38 bits per heavy atom. The molecule has 32 heavy (non-hydrogen) atoms. The van der Waals surface area contributed by atoms with Gasteiger partial charge >= 0.3 is 0 Å². The molecule has 0 spiro atoms. The summed E-state index contributed by atoms with van der Waals surface area (Å²) in [5.41, 5.74) is 7.67. The average molecular weight is 438 g/mol. The number of rotatable bonds is 8. The van der Waals surface area contributed by atoms with Crippen molar-refractivity contribution in [3.63, 3.8) is 0 Å². The number of nitrogens with zero attached hydrogens (tertiary/aromatic N) is 5. The lowest BCUT2D eigenvalue weighted by molar-refractivity contribution is -0.127. The number of hydrogen-bond acceptors (Lipinski definition) is 8. The van der Waals surface area contributed by atoms with Gasteiger partial charge in [-0.1, -0.05) is 6.58 Å². The van der Waals surface area contributed by atoms with Gasteiger partial charge in [-0.25, -0.2) is 14.6 Å². The Labute approximate surface area is 186 Å². The van der Waals surface area contributed by atoms with E-state index in [4.69, 9.17) is 15.2 Å². The number of nitrogens with one attached hydrogen (secondary N) is 1. The van der Waals surface area contributed by atoms with E-state index in [-0.39, 0.29) is 11.9 Å². The molecule has 0 aliphatic carbocycles. The van der Waals surface area contributed by atoms with Crippen LogP contribution in [-0.4, -0.2) is 70.0 Å². The van der Waals surface area contributed by atoms with E-state index in [9.17, 15) is 4.79 Å². The van der Waals surface area contributed by atoms with Gasteiger partial charge in [0.05, 0.1) is 18.3 Å². The summed E-state index contributed by atoms with van der Waals surface area (Å²) in [6.07, 6.45) is 6.32. The molecule has 168 valence electrons. The summed E-state index contributed by atoms with van der Waals surface area (Å²) < 4.78 is 12.4. The van der Waals surface area contributed by atoms with Crippen molar-refractivity contribution in [2.75, 3.05) is 44.5 Å². The molecule has 1 saturated heterocycles. The van der Waals surface area contributed by atoms with Gasteiger partial charge in [0, 0.05) is 31.6 Å². The fraction of sp³-hybridized carbons (Fsp3) is 0.364. The van der Waals surface area contributed by atoms with Crippen LogP contribution in [0, 0.1) is 0 Å². The number of likely N-dealkylation sites (tertiary alicyclic amines) is 1. The lowest BCUT2D eigenvalue weighted by atomic mass is 10.1. The maximum atomic E-state index is 12.0. The Morgan fingerprint density at radius 2 is 2.25 bits per heavy atom. The minimum absolute atomic E-state index is 0.0308. The molecule has 2 aromatic heterocycles. The van der Waals surface area contributed by atoms with Crippen molar-refractivity contribution < 1.29 is 14.3 Å². The van der Waals surface area contributed by atoms with Crippen molar-refractivity contribution in [2.24, 2.45) is 0 Å². The number of nitrogens with two attached hydrogens (primary N) is 1. The van der Waals surface area contributed by atoms with Crippen LogP contribution in [0.15, 0.2) is 43.4 Å². The van der Waals surface area contributed by atoms with Crippen LogP contribution < -0.4 is 15.8 Å². The van der Waals surface area contributed by atoms with Crippen LogP contribution in [0.2, 0.25) is 0 Å². The number of carbonyl (C=O) groups is 1. The predicted molar refractivity (Wildman–Crippen MR) is 122 cm³/mol. The Morgan fingerprint density at radius 3 is 3.06 bits per heavy atom. The quantitative estimate of drug-likeness (QED) is 0.406. The molecule has 3 aromatic rings. The van der Waals surface area contributed by atoms with Gasteiger partial charge in [0.25, 0.3) is 0 Å². The number of fused-ring (bicyclic) bond motifs is 1. The molecule has 1 amide bonds. The molecule has 1 aromatic carbocycles. The Hall–Kier alpha value is -3.66. The summed E-state index contributed by atoms with van der Waals surface area (Å²) in [6.45, 7) is 5.86. The Bertz CT molecular complexity index is 1110. The first-order valence-electron chi connectivity index (χ1n) is 10.5. The average Bonchev–Trinajstić information content (AvgIpc) is 3.22. The molecule has 3 N–H and O–H groups in total. The number of carbonyl (C=O) groups excluding carboxylic acids is 1. The molecule has 1 aliphatic rings. The minimum Gasteiger partial charge on any atom is -0.491 e. The van der Waals surface area contributed by atoms with Gasteiger partial charge in [-0.05, 0) is 37.1 Å². The topological polar surface area (TPSA) is 120 Å². The number of anilines is 2. The lowest BCUT2D eigenvalue weighted by Crippen LogP contribution is -2.44. The monoisotopic (exact) mass is 437 g/mol. The number of benzene rings is 1. The maximum absolute atomic E-state index is 12.0. The molecule has 1 aliphatic heterocycles. The van der Waals surface area contributed by atoms with Gasteiger partial charge in [0.15, 0.2) is 11.6 Å². The van der Waals surface area contributed by atoms with E-state index in [0.717, 1.165) is 36.0 Å². The van der Waals surface area contributed by atoms with E-state index >= 15 is 0 Å². The standard InChI is InChI=1S/C22H27N7O3/c1-3-19(30)28-8-4-5-16(13-28)27-22-20(21(23)24-14-25-22)29-18-7-6-17(32-10-9-31-2)11-15(18)12-26-29/h3,6-7,11-12,14,16H,1,4-5,8-10,13H2,2H3,(H3,23,24,25,27). The number of nitrogen functional groups attached to an aromatic ring is 1. The van der Waals surface area contributed by atoms with Gasteiger partial charge in [0.1, 0.15) is 24.4 Å². The highest BCUT2D eigenvalue weighted by molar-refractivity contribution is 5.87. The molecular weight excluding hydrogens is 410 g/mol. The summed E-state index contributed by atoms with van der Waals surface area (Å²) in [4.78, 5) is 22.4. The lowest BCUT2D eigenvalue weighted by Gasteiger charge is -2.33. The van der Waals surface area contributed by atoms with E-state index in [1.807, 2.05) is 18.2 Å². The first-order chi connectivity index (χ1) is 15.6. The van der Waals surface area contributed by atoms with Crippen molar-refractivity contribution in [3.05, 3.63) is 43.4 Å². The molecule has 0 radical (unpaired) electrons. The number of ether oxygens (including phenoxy) is 2. The van der Waals surface area contributed by atoms with Crippen LogP contribution in [-0.2, 0) is 9.53 Å². The summed E-state index contributed by atoms with van der Waals surface area (Å²) >= 11 is 0. The van der Waals surface area contributed by atoms with Crippen molar-refractivity contribution in [1.82, 2.24) is 24.6 Å². The number of amides is 1. The summed E-state index contributed by atoms with van der Waals surface area (Å²) in [7, 11) is 1.64. The van der Waals surface area contributed by atoms with Gasteiger partial charge in [0.2, 0.25) is 5.91 Å². The van der Waals surface area contributed by atoms with Gasteiger partial charge < -0.3 is 25.4 Å². The van der Waals surface area contributed by atoms with E-state index < -0.39 is 0 Å². The van der Waals surface area contributed by atoms with Crippen molar-refractivity contribution in [1.29, 1.82) is 0 Å². The number of hydrogen-bond donors (Lipinski definition) is 2. The maximum Gasteiger partial charge on any atom is 0.246 e. The van der Waals surface area contributed by atoms with Crippen molar-refractivity contribution in [2.45, 2.75) is 18.9 Å². The van der Waals surface area contributed by atoms with E-state index in [1.165, 1.54) is 12.4 Å². The summed E-state index contributed by atoms with van der Waals surface area (Å²) in [5, 5.41) is 8.87. The van der Waals surface area contributed by atoms with E-state index in [1.54, 1.807) is 22.9 Å². The van der Waals surface area contributed by atoms with Crippen molar-refractivity contribution >= 4 is 28.4 Å². The van der Waals surface area contributed by atoms with E-state index in [2.05, 4.69) is 27.0 Å². The molecule has 4 rings (SSSR count). The zero-order valence-corrected chi connectivity index (χ0v) is 18.0. The number of methoxy groups -OCH3 is 1. The minimum atomic E-state index is -0.0690. The molecule has 0 bridgehead atoms. The smallest absolute Gasteiger partial charge is 0.246 e. The van der Waals surface area contributed by atoms with Gasteiger partial charge in [-0.15, -0.1) is 0 Å². The summed E-state index contributed by atoms with van der Waals surface area (Å²) in [5.74, 6) is 1.54. The number of piperidine rings is 1. The third-order valence-corrected chi connectivity index (χ3v) is 5.41. The first kappa shape index (κ1) is 21.6. The molecule has 1 unspecified atom stereocenters. The SMILES string of the molecule is C=CC(=O)N1CCCC(Nc2ncnc(N)c2-n2ncc3cc(OCCOC)ccc32)C1. The normalized spacial score (nSPS) is 16.2. The predicted octanol–water partition coefficient (Wildman–Crippen LogP) is 2.01. The summed E-state index contributed by atoms with van der Waals surface area (Å²) in [6, 6.07) is 5.75. The fourth-order valence-corrected chi connectivity index (χ4v) is 3.85. The molecule has 1 atom stereocenters. The largest absolute Gasteiger partial charge is 0.491 e. The van der Waals surface area contributed by atoms with Gasteiger partial charge in [-0.3, -0.25) is 4.79 Å². The third-order valence-electron chi connectivity index (χ3n) is 5.41. The highest BCUT2D eigenvalue weighted by Gasteiger charge is 2.24. The van der Waals surface area contributed by atoms with Crippen molar-refractivity contribution in [3.8, 4) is 11.4 Å². The zero-order valence-electron chi connectivity index (χ0n) is 18.0. The molecule has 3 heterocycles. The highest BCUT2D eigenvalue weighted by Crippen LogP contribution is 2.29. The second-order valence-corrected chi connectivity index (χ2v) is 7.55. The molecule has 10 nitrogen and oxygen atoms in total.